The SMILES string of the molecule is C[C@H](NS(=O)(=O)c1ccc(-c2c(C#N)c3cc(F)c(C4CC4)cc3n2-c2ccccn2)nc1)C(F)(F)F. The molecule has 0 spiro atoms. The van der Waals surface area contributed by atoms with E-state index in [4.69, 9.17) is 0 Å². The predicted octanol–water partition coefficient (Wildman–Crippen LogP) is 5.20. The van der Waals surface area contributed by atoms with Crippen LogP contribution in [0.4, 0.5) is 17.6 Å². The molecule has 0 unspecified atom stereocenters. The minimum atomic E-state index is -4.76. The summed E-state index contributed by atoms with van der Waals surface area (Å²) < 4.78 is 81.7. The van der Waals surface area contributed by atoms with Gasteiger partial charge in [0.1, 0.15) is 28.6 Å². The van der Waals surface area contributed by atoms with E-state index in [9.17, 15) is 31.2 Å². The third kappa shape index (κ3) is 4.56. The minimum Gasteiger partial charge on any atom is -0.291 e. The van der Waals surface area contributed by atoms with Crippen molar-refractivity contribution in [1.82, 2.24) is 19.3 Å². The molecule has 1 aliphatic carbocycles. The molecule has 1 saturated carbocycles. The van der Waals surface area contributed by atoms with Gasteiger partial charge in [0.15, 0.2) is 0 Å². The minimum absolute atomic E-state index is 0.0969. The fourth-order valence-corrected chi connectivity index (χ4v) is 5.33. The van der Waals surface area contributed by atoms with Crippen LogP contribution >= 0.6 is 0 Å². The summed E-state index contributed by atoms with van der Waals surface area (Å²) in [5.41, 5.74) is 1.60. The van der Waals surface area contributed by atoms with Gasteiger partial charge < -0.3 is 0 Å². The van der Waals surface area contributed by atoms with Crippen LogP contribution in [0.1, 0.15) is 36.8 Å². The third-order valence-corrected chi connectivity index (χ3v) is 7.73. The van der Waals surface area contributed by atoms with E-state index in [2.05, 4.69) is 16.0 Å². The first-order chi connectivity index (χ1) is 17.5. The van der Waals surface area contributed by atoms with Crippen LogP contribution in [0.25, 0.3) is 28.1 Å². The van der Waals surface area contributed by atoms with Crippen molar-refractivity contribution >= 4 is 20.9 Å². The van der Waals surface area contributed by atoms with Gasteiger partial charge in [0.25, 0.3) is 0 Å². The number of hydrogen-bond acceptors (Lipinski definition) is 5. The molecule has 4 aromatic rings. The molecule has 1 aromatic carbocycles. The number of alkyl halides is 3. The van der Waals surface area contributed by atoms with E-state index in [0.717, 1.165) is 25.1 Å². The molecular formula is C25H19F4N5O2S. The number of rotatable bonds is 6. The van der Waals surface area contributed by atoms with Crippen LogP contribution in [-0.2, 0) is 10.0 Å². The van der Waals surface area contributed by atoms with Crippen molar-refractivity contribution in [2.24, 2.45) is 0 Å². The molecule has 5 rings (SSSR count). The topological polar surface area (TPSA) is 101 Å². The zero-order valence-corrected chi connectivity index (χ0v) is 20.1. The first-order valence-corrected chi connectivity index (χ1v) is 12.7. The Morgan fingerprint density at radius 3 is 2.49 bits per heavy atom. The van der Waals surface area contributed by atoms with Crippen molar-refractivity contribution in [2.75, 3.05) is 0 Å². The van der Waals surface area contributed by atoms with Gasteiger partial charge in [-0.3, -0.25) is 9.55 Å². The second-order valence-electron chi connectivity index (χ2n) is 8.79. The van der Waals surface area contributed by atoms with E-state index in [1.807, 2.05) is 0 Å². The maximum atomic E-state index is 14.9. The van der Waals surface area contributed by atoms with Gasteiger partial charge in [0, 0.05) is 17.8 Å². The summed E-state index contributed by atoms with van der Waals surface area (Å²) >= 11 is 0. The third-order valence-electron chi connectivity index (χ3n) is 6.21. The van der Waals surface area contributed by atoms with Crippen LogP contribution in [0.15, 0.2) is 59.8 Å². The Morgan fingerprint density at radius 1 is 1.16 bits per heavy atom. The highest BCUT2D eigenvalue weighted by Crippen LogP contribution is 2.44. The highest BCUT2D eigenvalue weighted by atomic mass is 32.2. The summed E-state index contributed by atoms with van der Waals surface area (Å²) in [5.74, 6) is 0.103. The summed E-state index contributed by atoms with van der Waals surface area (Å²) in [6.45, 7) is 0.693. The molecule has 1 atom stereocenters. The van der Waals surface area contributed by atoms with Gasteiger partial charge in [-0.2, -0.15) is 23.2 Å². The number of nitriles is 1. The molecule has 37 heavy (non-hydrogen) atoms. The lowest BCUT2D eigenvalue weighted by molar-refractivity contribution is -0.147. The van der Waals surface area contributed by atoms with Gasteiger partial charge in [0.2, 0.25) is 10.0 Å². The first-order valence-electron chi connectivity index (χ1n) is 11.3. The Labute approximate surface area is 209 Å². The zero-order valence-electron chi connectivity index (χ0n) is 19.3. The standard InChI is InChI=1S/C25H19F4N5O2S/c1-14(25(27,28)29)33-37(35,36)16-7-8-21(32-13-16)24-19(12-30)18-10-20(26)17(15-5-6-15)11-22(18)34(24)23-4-2-3-9-31-23/h2-4,7-11,13-15,33H,5-6H2,1H3/t14-/m0/s1. The number of benzene rings is 1. The monoisotopic (exact) mass is 529 g/mol. The smallest absolute Gasteiger partial charge is 0.291 e. The fourth-order valence-electron chi connectivity index (χ4n) is 4.16. The van der Waals surface area contributed by atoms with Crippen molar-refractivity contribution in [3.63, 3.8) is 0 Å². The van der Waals surface area contributed by atoms with E-state index in [0.29, 0.717) is 29.2 Å². The normalized spacial score (nSPS) is 15.0. The van der Waals surface area contributed by atoms with Crippen molar-refractivity contribution in [1.29, 1.82) is 5.26 Å². The van der Waals surface area contributed by atoms with Gasteiger partial charge >= 0.3 is 6.18 Å². The number of fused-ring (bicyclic) bond motifs is 1. The average molecular weight is 530 g/mol. The van der Waals surface area contributed by atoms with Gasteiger partial charge in [-0.25, -0.2) is 17.8 Å². The number of nitrogens with zero attached hydrogens (tertiary/aromatic N) is 4. The molecule has 1 N–H and O–H groups in total. The van der Waals surface area contributed by atoms with Crippen molar-refractivity contribution in [3.8, 4) is 23.3 Å². The predicted molar refractivity (Wildman–Crippen MR) is 127 cm³/mol. The zero-order chi connectivity index (χ0) is 26.5. The summed E-state index contributed by atoms with van der Waals surface area (Å²) in [6.07, 6.45) is -0.565. The van der Waals surface area contributed by atoms with Gasteiger partial charge in [-0.05, 0) is 67.6 Å². The average Bonchev–Trinajstić information content (AvgIpc) is 3.65. The maximum Gasteiger partial charge on any atom is 0.404 e. The second-order valence-corrected chi connectivity index (χ2v) is 10.5. The van der Waals surface area contributed by atoms with E-state index < -0.39 is 33.0 Å². The van der Waals surface area contributed by atoms with Gasteiger partial charge in [0.05, 0.1) is 22.5 Å². The molecule has 0 saturated heterocycles. The molecule has 12 heteroatoms. The van der Waals surface area contributed by atoms with Crippen molar-refractivity contribution in [3.05, 3.63) is 71.8 Å². The van der Waals surface area contributed by atoms with E-state index in [-0.39, 0.29) is 22.9 Å². The number of sulfonamides is 1. The van der Waals surface area contributed by atoms with Crippen molar-refractivity contribution in [2.45, 2.75) is 42.8 Å². The molecule has 7 nitrogen and oxygen atoms in total. The summed E-state index contributed by atoms with van der Waals surface area (Å²) in [6, 6.07) is 10.3. The lowest BCUT2D eigenvalue weighted by Gasteiger charge is -2.17. The molecular weight excluding hydrogens is 510 g/mol. The number of halogens is 4. The lowest BCUT2D eigenvalue weighted by atomic mass is 10.0. The fraction of sp³-hybridized carbons (Fsp3) is 0.240. The highest BCUT2D eigenvalue weighted by molar-refractivity contribution is 7.89. The quantitative estimate of drug-likeness (QED) is 0.346. The number of nitrogens with one attached hydrogen (secondary N) is 1. The summed E-state index contributed by atoms with van der Waals surface area (Å²) in [7, 11) is -4.52. The van der Waals surface area contributed by atoms with E-state index >= 15 is 0 Å². The second kappa shape index (κ2) is 8.93. The molecule has 190 valence electrons. The summed E-state index contributed by atoms with van der Waals surface area (Å²) in [5, 5.41) is 10.4. The highest BCUT2D eigenvalue weighted by Gasteiger charge is 2.39. The first kappa shape index (κ1) is 24.9. The Bertz CT molecular complexity index is 1640. The molecule has 1 fully saturated rings. The Kier molecular flexibility index (Phi) is 6.00. The van der Waals surface area contributed by atoms with Crippen LogP contribution < -0.4 is 4.72 Å². The van der Waals surface area contributed by atoms with Gasteiger partial charge in [-0.1, -0.05) is 6.07 Å². The Morgan fingerprint density at radius 2 is 1.92 bits per heavy atom. The number of hydrogen-bond donors (Lipinski definition) is 1. The molecule has 0 aliphatic heterocycles. The van der Waals surface area contributed by atoms with Gasteiger partial charge in [-0.15, -0.1) is 0 Å². The van der Waals surface area contributed by atoms with Crippen LogP contribution in [0.2, 0.25) is 0 Å². The van der Waals surface area contributed by atoms with Crippen LogP contribution in [0.5, 0.6) is 0 Å². The van der Waals surface area contributed by atoms with Crippen LogP contribution in [0.3, 0.4) is 0 Å². The molecule has 0 amide bonds. The Balaban J connectivity index is 1.68. The maximum absolute atomic E-state index is 14.9. The number of pyridine rings is 2. The van der Waals surface area contributed by atoms with E-state index in [1.54, 1.807) is 39.8 Å². The Hall–Kier alpha value is -3.82. The molecule has 0 bridgehead atoms. The number of aromatic nitrogens is 3. The van der Waals surface area contributed by atoms with Crippen LogP contribution in [-0.4, -0.2) is 35.2 Å². The molecule has 0 radical (unpaired) electrons. The molecule has 3 heterocycles. The summed E-state index contributed by atoms with van der Waals surface area (Å²) in [4.78, 5) is 8.07. The van der Waals surface area contributed by atoms with Crippen molar-refractivity contribution < 1.29 is 26.0 Å². The lowest BCUT2D eigenvalue weighted by Crippen LogP contribution is -2.42. The molecule has 3 aromatic heterocycles. The largest absolute Gasteiger partial charge is 0.404 e. The van der Waals surface area contributed by atoms with E-state index in [1.165, 1.54) is 12.1 Å². The van der Waals surface area contributed by atoms with Crippen LogP contribution in [0, 0.1) is 17.1 Å². The molecule has 1 aliphatic rings.